The third-order valence-electron chi connectivity index (χ3n) is 5.29. The van der Waals surface area contributed by atoms with E-state index in [-0.39, 0.29) is 23.2 Å². The number of aromatic amines is 1. The first kappa shape index (κ1) is 15.8. The fourth-order valence-electron chi connectivity index (χ4n) is 4.12. The largest absolute Gasteiger partial charge is 0.465 e. The molecule has 3 aromatic rings. The van der Waals surface area contributed by atoms with Crippen LogP contribution in [0.25, 0.3) is 22.1 Å². The number of H-pyrrole nitrogens is 1. The molecule has 5 rings (SSSR count). The second-order valence-corrected chi connectivity index (χ2v) is 7.76. The number of halogens is 1. The Morgan fingerprint density at radius 3 is 2.96 bits per heavy atom. The van der Waals surface area contributed by atoms with Gasteiger partial charge in [0.2, 0.25) is 5.58 Å². The maximum atomic E-state index is 12.4. The molecule has 2 aliphatic heterocycles. The highest BCUT2D eigenvalue weighted by molar-refractivity contribution is 9.10. The van der Waals surface area contributed by atoms with Gasteiger partial charge in [0.25, 0.3) is 5.56 Å². The fraction of sp³-hybridized carbons (Fsp3) is 0.353. The number of piperazine rings is 1. The van der Waals surface area contributed by atoms with Crippen molar-refractivity contribution in [2.24, 2.45) is 0 Å². The highest BCUT2D eigenvalue weighted by Gasteiger charge is 2.45. The normalized spacial score (nSPS) is 22.7. The van der Waals surface area contributed by atoms with Crippen molar-refractivity contribution >= 4 is 44.1 Å². The summed E-state index contributed by atoms with van der Waals surface area (Å²) >= 11 is 3.43. The van der Waals surface area contributed by atoms with Gasteiger partial charge in [-0.25, -0.2) is 9.78 Å². The molecule has 134 valence electrons. The lowest BCUT2D eigenvalue weighted by molar-refractivity contribution is 0.0992. The van der Waals surface area contributed by atoms with Crippen molar-refractivity contribution in [1.82, 2.24) is 19.8 Å². The molecule has 1 amide bonds. The lowest BCUT2D eigenvalue weighted by atomic mass is 10.2. The number of hydrogen-bond donors (Lipinski definition) is 2. The number of nitrogens with zero attached hydrogens (tertiary/aromatic N) is 3. The van der Waals surface area contributed by atoms with E-state index in [9.17, 15) is 14.7 Å². The van der Waals surface area contributed by atoms with Crippen molar-refractivity contribution in [1.29, 1.82) is 0 Å². The highest BCUT2D eigenvalue weighted by Crippen LogP contribution is 2.32. The van der Waals surface area contributed by atoms with E-state index in [1.54, 1.807) is 6.07 Å². The second-order valence-electron chi connectivity index (χ2n) is 6.84. The summed E-state index contributed by atoms with van der Waals surface area (Å²) in [5.41, 5.74) is 1.10. The summed E-state index contributed by atoms with van der Waals surface area (Å²) in [6.07, 6.45) is -0.0269. The van der Waals surface area contributed by atoms with Gasteiger partial charge in [0.15, 0.2) is 0 Å². The number of benzene rings is 1. The van der Waals surface area contributed by atoms with Crippen LogP contribution in [0.4, 0.5) is 4.79 Å². The molecule has 2 aliphatic rings. The fourth-order valence-corrected chi connectivity index (χ4v) is 4.48. The minimum Gasteiger partial charge on any atom is -0.465 e. The summed E-state index contributed by atoms with van der Waals surface area (Å²) in [5, 5.41) is 9.99. The van der Waals surface area contributed by atoms with Gasteiger partial charge in [0, 0.05) is 35.0 Å². The maximum absolute atomic E-state index is 12.4. The van der Waals surface area contributed by atoms with Crippen molar-refractivity contribution < 1.29 is 14.3 Å². The van der Waals surface area contributed by atoms with Crippen molar-refractivity contribution in [3.63, 3.8) is 0 Å². The molecule has 9 heteroatoms. The standard InChI is InChI=1S/C17H15BrN4O4/c18-8-1-2-12-11(3-8)14-15(26-12)16(23)20-13(19-14)7-21-5-10-4-9(21)6-22(10)17(24)25/h1-3,9-10H,4-7H2,(H,24,25)(H,19,20,23). The smallest absolute Gasteiger partial charge is 0.407 e. The number of likely N-dealkylation sites (tertiary alicyclic amines) is 2. The topological polar surface area (TPSA) is 103 Å². The van der Waals surface area contributed by atoms with Crippen molar-refractivity contribution in [2.45, 2.75) is 25.0 Å². The summed E-state index contributed by atoms with van der Waals surface area (Å²) in [7, 11) is 0. The predicted molar refractivity (Wildman–Crippen MR) is 97.2 cm³/mol. The molecule has 0 aliphatic carbocycles. The number of hydrogen-bond acceptors (Lipinski definition) is 5. The van der Waals surface area contributed by atoms with Crippen LogP contribution < -0.4 is 5.56 Å². The molecule has 2 fully saturated rings. The van der Waals surface area contributed by atoms with Gasteiger partial charge in [-0.2, -0.15) is 0 Å². The first-order valence-electron chi connectivity index (χ1n) is 8.34. The Morgan fingerprint density at radius 2 is 2.23 bits per heavy atom. The molecule has 0 radical (unpaired) electrons. The molecule has 2 N–H and O–H groups in total. The Kier molecular flexibility index (Phi) is 3.38. The highest BCUT2D eigenvalue weighted by atomic mass is 79.9. The van der Waals surface area contributed by atoms with Gasteiger partial charge in [0.05, 0.1) is 6.54 Å². The molecular formula is C17H15BrN4O4. The second kappa shape index (κ2) is 5.55. The van der Waals surface area contributed by atoms with Crippen LogP contribution in [-0.4, -0.2) is 56.1 Å². The van der Waals surface area contributed by atoms with Crippen LogP contribution >= 0.6 is 15.9 Å². The predicted octanol–water partition coefficient (Wildman–Crippen LogP) is 2.37. The summed E-state index contributed by atoms with van der Waals surface area (Å²) in [6.45, 7) is 1.66. The van der Waals surface area contributed by atoms with Gasteiger partial charge < -0.3 is 19.4 Å². The molecule has 8 nitrogen and oxygen atoms in total. The SMILES string of the molecule is O=C(O)N1CC2CC1CN2Cc1nc2c(oc3ccc(Br)cc32)c(=O)[nH]1. The molecular weight excluding hydrogens is 404 g/mol. The third-order valence-corrected chi connectivity index (χ3v) is 5.78. The Balaban J connectivity index is 1.49. The molecule has 26 heavy (non-hydrogen) atoms. The number of carboxylic acid groups (broad SMARTS) is 1. The lowest BCUT2D eigenvalue weighted by Crippen LogP contribution is -2.48. The molecule has 0 spiro atoms. The van der Waals surface area contributed by atoms with Crippen molar-refractivity contribution in [3.8, 4) is 0 Å². The van der Waals surface area contributed by atoms with Gasteiger partial charge in [0.1, 0.15) is 16.9 Å². The zero-order valence-electron chi connectivity index (χ0n) is 13.6. The molecule has 1 aromatic carbocycles. The van der Waals surface area contributed by atoms with Gasteiger partial charge in [-0.05, 0) is 24.6 Å². The minimum absolute atomic E-state index is 0.0265. The van der Waals surface area contributed by atoms with Crippen LogP contribution in [0.1, 0.15) is 12.2 Å². The average Bonchev–Trinajstić information content (AvgIpc) is 3.27. The molecule has 2 atom stereocenters. The summed E-state index contributed by atoms with van der Waals surface area (Å²) in [6, 6.07) is 5.75. The van der Waals surface area contributed by atoms with E-state index in [1.165, 1.54) is 4.90 Å². The van der Waals surface area contributed by atoms with E-state index in [0.29, 0.717) is 36.6 Å². The first-order chi connectivity index (χ1) is 12.5. The molecule has 2 unspecified atom stereocenters. The van der Waals surface area contributed by atoms with Crippen LogP contribution in [0.5, 0.6) is 0 Å². The number of aromatic nitrogens is 2. The lowest BCUT2D eigenvalue weighted by Gasteiger charge is -2.32. The quantitative estimate of drug-likeness (QED) is 0.661. The zero-order valence-corrected chi connectivity index (χ0v) is 15.2. The van der Waals surface area contributed by atoms with E-state index in [0.717, 1.165) is 16.3 Å². The van der Waals surface area contributed by atoms with E-state index in [1.807, 2.05) is 12.1 Å². The van der Waals surface area contributed by atoms with Crippen molar-refractivity contribution in [3.05, 3.63) is 38.9 Å². The van der Waals surface area contributed by atoms with E-state index in [4.69, 9.17) is 4.42 Å². The van der Waals surface area contributed by atoms with Crippen LogP contribution in [0.15, 0.2) is 31.9 Å². The van der Waals surface area contributed by atoms with Gasteiger partial charge >= 0.3 is 6.09 Å². The van der Waals surface area contributed by atoms with Crippen LogP contribution in [0.2, 0.25) is 0 Å². The van der Waals surface area contributed by atoms with Gasteiger partial charge in [-0.3, -0.25) is 9.69 Å². The molecule has 2 saturated heterocycles. The molecule has 2 aromatic heterocycles. The third kappa shape index (κ3) is 2.34. The average molecular weight is 419 g/mol. The minimum atomic E-state index is -0.861. The Bertz CT molecular complexity index is 1110. The van der Waals surface area contributed by atoms with Gasteiger partial charge in [-0.15, -0.1) is 0 Å². The Labute approximate surface area is 155 Å². The molecule has 2 bridgehead atoms. The number of furan rings is 1. The van der Waals surface area contributed by atoms with Crippen LogP contribution in [-0.2, 0) is 6.54 Å². The maximum Gasteiger partial charge on any atom is 0.407 e. The first-order valence-corrected chi connectivity index (χ1v) is 9.13. The Hall–Kier alpha value is -2.39. The number of carbonyl (C=O) groups is 1. The number of amides is 1. The van der Waals surface area contributed by atoms with Crippen LogP contribution in [0.3, 0.4) is 0 Å². The number of nitrogens with one attached hydrogen (secondary N) is 1. The van der Waals surface area contributed by atoms with Crippen molar-refractivity contribution in [2.75, 3.05) is 13.1 Å². The van der Waals surface area contributed by atoms with E-state index in [2.05, 4.69) is 30.8 Å². The zero-order chi connectivity index (χ0) is 18.0. The monoisotopic (exact) mass is 418 g/mol. The summed E-state index contributed by atoms with van der Waals surface area (Å²) in [5.74, 6) is 0.569. The summed E-state index contributed by atoms with van der Waals surface area (Å²) < 4.78 is 6.53. The Morgan fingerprint density at radius 1 is 1.38 bits per heavy atom. The van der Waals surface area contributed by atoms with E-state index < -0.39 is 6.09 Å². The number of fused-ring (bicyclic) bond motifs is 5. The van der Waals surface area contributed by atoms with E-state index >= 15 is 0 Å². The molecule has 0 saturated carbocycles. The number of rotatable bonds is 2. The summed E-state index contributed by atoms with van der Waals surface area (Å²) in [4.78, 5) is 34.7. The molecule has 4 heterocycles. The van der Waals surface area contributed by atoms with Gasteiger partial charge in [-0.1, -0.05) is 15.9 Å². The van der Waals surface area contributed by atoms with Crippen LogP contribution in [0, 0.1) is 0 Å².